The molecule has 0 radical (unpaired) electrons. The lowest BCUT2D eigenvalue weighted by atomic mass is 9.96. The third-order valence-corrected chi connectivity index (χ3v) is 2.92. The first kappa shape index (κ1) is 18.0. The maximum atomic E-state index is 12.8. The highest BCUT2D eigenvalue weighted by Gasteiger charge is 2.32. The summed E-state index contributed by atoms with van der Waals surface area (Å²) in [4.78, 5) is 23.3. The van der Waals surface area contributed by atoms with Crippen LogP contribution in [-0.4, -0.2) is 18.4 Å². The Kier molecular flexibility index (Phi) is 5.22. The molecule has 0 saturated heterocycles. The van der Waals surface area contributed by atoms with Crippen LogP contribution in [0.4, 0.5) is 18.9 Å². The monoisotopic (exact) mass is 316 g/mol. The lowest BCUT2D eigenvalue weighted by molar-refractivity contribution is -0.138. The summed E-state index contributed by atoms with van der Waals surface area (Å²) in [6, 6.07) is 3.54. The van der Waals surface area contributed by atoms with Crippen LogP contribution in [0.15, 0.2) is 18.2 Å². The van der Waals surface area contributed by atoms with Crippen molar-refractivity contribution in [2.75, 3.05) is 11.9 Å². The van der Waals surface area contributed by atoms with Gasteiger partial charge in [0.15, 0.2) is 0 Å². The predicted molar refractivity (Wildman–Crippen MR) is 77.3 cm³/mol. The molecular formula is C15H19F3N2O2. The molecule has 0 atom stereocenters. The van der Waals surface area contributed by atoms with Gasteiger partial charge in [-0.1, -0.05) is 26.8 Å². The summed E-state index contributed by atoms with van der Waals surface area (Å²) in [5, 5.41) is 4.76. The maximum absolute atomic E-state index is 12.8. The number of hydrogen-bond acceptors (Lipinski definition) is 2. The smallest absolute Gasteiger partial charge is 0.347 e. The second kappa shape index (κ2) is 6.37. The summed E-state index contributed by atoms with van der Waals surface area (Å²) in [6.07, 6.45) is -4.48. The number of nitrogens with one attached hydrogen (secondary N) is 2. The number of carbonyl (C=O) groups is 2. The minimum Gasteiger partial charge on any atom is -0.347 e. The number of anilines is 1. The van der Waals surface area contributed by atoms with Crippen molar-refractivity contribution in [2.24, 2.45) is 5.41 Å². The van der Waals surface area contributed by atoms with Gasteiger partial charge in [-0.3, -0.25) is 9.59 Å². The zero-order valence-electron chi connectivity index (χ0n) is 12.9. The van der Waals surface area contributed by atoms with Gasteiger partial charge in [0.05, 0.1) is 12.1 Å². The van der Waals surface area contributed by atoms with E-state index in [1.54, 1.807) is 20.8 Å². The molecule has 1 rings (SSSR count). The quantitative estimate of drug-likeness (QED) is 0.900. The van der Waals surface area contributed by atoms with Gasteiger partial charge in [-0.25, -0.2) is 0 Å². The number of aryl methyl sites for hydroxylation is 1. The number of alkyl halides is 3. The molecular weight excluding hydrogens is 297 g/mol. The molecule has 0 aliphatic heterocycles. The van der Waals surface area contributed by atoms with E-state index >= 15 is 0 Å². The zero-order chi connectivity index (χ0) is 17.1. The molecule has 122 valence electrons. The Labute approximate surface area is 127 Å². The van der Waals surface area contributed by atoms with Crippen LogP contribution in [0.1, 0.15) is 31.9 Å². The third-order valence-electron chi connectivity index (χ3n) is 2.92. The lowest BCUT2D eigenvalue weighted by Gasteiger charge is -2.17. The molecule has 0 saturated carbocycles. The van der Waals surface area contributed by atoms with Crippen molar-refractivity contribution in [3.05, 3.63) is 29.3 Å². The highest BCUT2D eigenvalue weighted by molar-refractivity contribution is 5.95. The molecule has 0 aromatic heterocycles. The van der Waals surface area contributed by atoms with E-state index < -0.39 is 23.1 Å². The van der Waals surface area contributed by atoms with Crippen LogP contribution in [0.5, 0.6) is 0 Å². The minimum absolute atomic E-state index is 0.0351. The van der Waals surface area contributed by atoms with Crippen LogP contribution < -0.4 is 10.6 Å². The van der Waals surface area contributed by atoms with Gasteiger partial charge >= 0.3 is 6.18 Å². The maximum Gasteiger partial charge on any atom is 0.416 e. The average Bonchev–Trinajstić information content (AvgIpc) is 2.35. The molecule has 0 unspecified atom stereocenters. The van der Waals surface area contributed by atoms with Gasteiger partial charge in [0, 0.05) is 11.1 Å². The molecule has 1 aromatic rings. The zero-order valence-corrected chi connectivity index (χ0v) is 12.9. The first-order valence-corrected chi connectivity index (χ1v) is 6.67. The molecule has 4 nitrogen and oxygen atoms in total. The van der Waals surface area contributed by atoms with Crippen molar-refractivity contribution in [1.82, 2.24) is 5.32 Å². The van der Waals surface area contributed by atoms with E-state index in [0.29, 0.717) is 0 Å². The third kappa shape index (κ3) is 5.05. The van der Waals surface area contributed by atoms with Gasteiger partial charge in [-0.05, 0) is 24.6 Å². The summed E-state index contributed by atoms with van der Waals surface area (Å²) in [5.41, 5.74) is -1.34. The molecule has 0 spiro atoms. The molecule has 2 amide bonds. The number of benzene rings is 1. The predicted octanol–water partition coefficient (Wildman–Crippen LogP) is 3.11. The van der Waals surface area contributed by atoms with Gasteiger partial charge < -0.3 is 10.6 Å². The highest BCUT2D eigenvalue weighted by atomic mass is 19.4. The molecule has 1 aromatic carbocycles. The van der Waals surface area contributed by atoms with Crippen LogP contribution in [0, 0.1) is 12.3 Å². The Hall–Kier alpha value is -2.05. The van der Waals surface area contributed by atoms with Crippen molar-refractivity contribution in [3.63, 3.8) is 0 Å². The molecule has 0 heterocycles. The van der Waals surface area contributed by atoms with Crippen LogP contribution in [0.2, 0.25) is 0 Å². The van der Waals surface area contributed by atoms with Crippen molar-refractivity contribution >= 4 is 17.5 Å². The van der Waals surface area contributed by atoms with E-state index in [9.17, 15) is 22.8 Å². The number of carbonyl (C=O) groups excluding carboxylic acids is 2. The molecule has 0 bridgehead atoms. The average molecular weight is 316 g/mol. The summed E-state index contributed by atoms with van der Waals surface area (Å²) >= 11 is 0. The fraction of sp³-hybridized carbons (Fsp3) is 0.467. The van der Waals surface area contributed by atoms with E-state index in [4.69, 9.17) is 0 Å². The van der Waals surface area contributed by atoms with E-state index in [2.05, 4.69) is 10.6 Å². The second-order valence-corrected chi connectivity index (χ2v) is 6.01. The van der Waals surface area contributed by atoms with Gasteiger partial charge in [-0.15, -0.1) is 0 Å². The van der Waals surface area contributed by atoms with E-state index in [0.717, 1.165) is 6.07 Å². The number of rotatable bonds is 3. The van der Waals surface area contributed by atoms with Crippen LogP contribution in [0.3, 0.4) is 0 Å². The van der Waals surface area contributed by atoms with Gasteiger partial charge in [-0.2, -0.15) is 13.2 Å². The molecule has 2 N–H and O–H groups in total. The first-order valence-electron chi connectivity index (χ1n) is 6.67. The SMILES string of the molecule is Cc1ccc(NC(=O)CNC(=O)C(C)(C)C)cc1C(F)(F)F. The molecule has 0 fully saturated rings. The number of amides is 2. The summed E-state index contributed by atoms with van der Waals surface area (Å²) < 4.78 is 38.3. The number of halogens is 3. The lowest BCUT2D eigenvalue weighted by Crippen LogP contribution is -2.39. The van der Waals surface area contributed by atoms with Gasteiger partial charge in [0.2, 0.25) is 11.8 Å². The molecule has 22 heavy (non-hydrogen) atoms. The minimum atomic E-state index is -4.48. The molecule has 0 aliphatic carbocycles. The van der Waals surface area contributed by atoms with Crippen LogP contribution >= 0.6 is 0 Å². The highest BCUT2D eigenvalue weighted by Crippen LogP contribution is 2.33. The Bertz CT molecular complexity index is 575. The first-order chi connectivity index (χ1) is 9.91. The fourth-order valence-corrected chi connectivity index (χ4v) is 1.64. The summed E-state index contributed by atoms with van der Waals surface area (Å²) in [7, 11) is 0. The Morgan fingerprint density at radius 3 is 2.23 bits per heavy atom. The Balaban J connectivity index is 2.72. The van der Waals surface area contributed by atoms with Gasteiger partial charge in [0.1, 0.15) is 0 Å². The summed E-state index contributed by atoms with van der Waals surface area (Å²) in [5.74, 6) is -0.905. The van der Waals surface area contributed by atoms with Crippen molar-refractivity contribution in [3.8, 4) is 0 Å². The topological polar surface area (TPSA) is 58.2 Å². The van der Waals surface area contributed by atoms with Crippen molar-refractivity contribution < 1.29 is 22.8 Å². The normalized spacial score (nSPS) is 12.0. The van der Waals surface area contributed by atoms with Crippen molar-refractivity contribution in [1.29, 1.82) is 0 Å². The molecule has 7 heteroatoms. The van der Waals surface area contributed by atoms with Crippen molar-refractivity contribution in [2.45, 2.75) is 33.9 Å². The Morgan fingerprint density at radius 2 is 1.73 bits per heavy atom. The fourth-order valence-electron chi connectivity index (χ4n) is 1.64. The van der Waals surface area contributed by atoms with Crippen LogP contribution in [0.25, 0.3) is 0 Å². The summed E-state index contributed by atoms with van der Waals surface area (Å²) in [6.45, 7) is 6.12. The number of hydrogen-bond donors (Lipinski definition) is 2. The standard InChI is InChI=1S/C15H19F3N2O2/c1-9-5-6-10(7-11(9)15(16,17)18)20-12(21)8-19-13(22)14(2,3)4/h5-7H,8H2,1-4H3,(H,19,22)(H,20,21). The largest absolute Gasteiger partial charge is 0.416 e. The van der Waals surface area contributed by atoms with E-state index in [-0.39, 0.29) is 23.7 Å². The van der Waals surface area contributed by atoms with E-state index in [1.807, 2.05) is 0 Å². The van der Waals surface area contributed by atoms with Gasteiger partial charge in [0.25, 0.3) is 0 Å². The second-order valence-electron chi connectivity index (χ2n) is 6.01. The van der Waals surface area contributed by atoms with Crippen LogP contribution in [-0.2, 0) is 15.8 Å². The Morgan fingerprint density at radius 1 is 1.14 bits per heavy atom. The van der Waals surface area contributed by atoms with E-state index in [1.165, 1.54) is 19.1 Å². The molecule has 0 aliphatic rings.